The Bertz CT molecular complexity index is 886. The molecule has 2 aromatic rings. The van der Waals surface area contributed by atoms with Crippen LogP contribution in [0, 0.1) is 0 Å². The Kier molecular flexibility index (Phi) is 7.46. The first-order chi connectivity index (χ1) is 13.3. The molecule has 1 aromatic carbocycles. The number of amides is 3. The molecule has 1 aromatic heterocycles. The predicted molar refractivity (Wildman–Crippen MR) is 102 cm³/mol. The average molecular weight is 405 g/mol. The van der Waals surface area contributed by atoms with Crippen LogP contribution in [0.5, 0.6) is 0 Å². The van der Waals surface area contributed by atoms with E-state index in [2.05, 4.69) is 20.9 Å². The number of hydrogen-bond acceptors (Lipinski definition) is 6. The van der Waals surface area contributed by atoms with E-state index in [0.29, 0.717) is 16.4 Å². The minimum atomic E-state index is -0.786. The van der Waals surface area contributed by atoms with Gasteiger partial charge >= 0.3 is 5.97 Å². The third-order valence-electron chi connectivity index (χ3n) is 3.20. The number of aromatic nitrogens is 1. The fraction of sp³-hybridized carbons (Fsp3) is 0.167. The predicted octanol–water partition coefficient (Wildman–Crippen LogP) is 1.61. The van der Waals surface area contributed by atoms with Gasteiger partial charge in [0, 0.05) is 29.5 Å². The molecule has 0 saturated carbocycles. The maximum absolute atomic E-state index is 11.8. The van der Waals surface area contributed by atoms with Gasteiger partial charge in [0.2, 0.25) is 5.91 Å². The van der Waals surface area contributed by atoms with E-state index in [4.69, 9.17) is 16.3 Å². The molecule has 0 spiro atoms. The van der Waals surface area contributed by atoms with E-state index in [1.54, 1.807) is 24.3 Å². The standard InChI is InChI=1S/C18H17ClN4O5/c1-11(24)22-13-2-4-14(5-3-13)23-16(25)10-28-17(26)9-21-18(27)15-8-12(19)6-7-20-15/h2-8H,9-10H2,1H3,(H,21,27)(H,22,24)(H,23,25). The normalized spacial score (nSPS) is 9.93. The molecule has 3 N–H and O–H groups in total. The Morgan fingerprint density at radius 3 is 2.29 bits per heavy atom. The van der Waals surface area contributed by atoms with Crippen LogP contribution < -0.4 is 16.0 Å². The SMILES string of the molecule is CC(=O)Nc1ccc(NC(=O)COC(=O)CNC(=O)c2cc(Cl)ccn2)cc1. The third-order valence-corrected chi connectivity index (χ3v) is 3.44. The van der Waals surface area contributed by atoms with Crippen molar-refractivity contribution >= 4 is 46.7 Å². The van der Waals surface area contributed by atoms with Crippen LogP contribution in [-0.4, -0.2) is 41.8 Å². The van der Waals surface area contributed by atoms with Crippen molar-refractivity contribution in [2.45, 2.75) is 6.92 Å². The van der Waals surface area contributed by atoms with Gasteiger partial charge in [0.15, 0.2) is 6.61 Å². The Morgan fingerprint density at radius 1 is 1.04 bits per heavy atom. The maximum Gasteiger partial charge on any atom is 0.325 e. The molecule has 9 nitrogen and oxygen atoms in total. The van der Waals surface area contributed by atoms with Crippen molar-refractivity contribution in [2.24, 2.45) is 0 Å². The van der Waals surface area contributed by atoms with Crippen molar-refractivity contribution in [3.63, 3.8) is 0 Å². The first kappa shape index (κ1) is 20.8. The summed E-state index contributed by atoms with van der Waals surface area (Å²) in [4.78, 5) is 50.1. The molecule has 1 heterocycles. The number of hydrogen-bond donors (Lipinski definition) is 3. The number of benzene rings is 1. The fourth-order valence-electron chi connectivity index (χ4n) is 2.01. The second-order valence-electron chi connectivity index (χ2n) is 5.51. The van der Waals surface area contributed by atoms with Gasteiger partial charge in [-0.15, -0.1) is 0 Å². The van der Waals surface area contributed by atoms with Crippen LogP contribution in [0.15, 0.2) is 42.6 Å². The summed E-state index contributed by atoms with van der Waals surface area (Å²) in [5.74, 6) is -2.14. The summed E-state index contributed by atoms with van der Waals surface area (Å²) >= 11 is 5.76. The summed E-state index contributed by atoms with van der Waals surface area (Å²) in [7, 11) is 0. The van der Waals surface area contributed by atoms with Gasteiger partial charge in [-0.1, -0.05) is 11.6 Å². The molecule has 0 saturated heterocycles. The zero-order chi connectivity index (χ0) is 20.5. The van der Waals surface area contributed by atoms with E-state index in [1.807, 2.05) is 0 Å². The van der Waals surface area contributed by atoms with Crippen LogP contribution in [0.4, 0.5) is 11.4 Å². The number of ether oxygens (including phenoxy) is 1. The van der Waals surface area contributed by atoms with Crippen LogP contribution in [0.3, 0.4) is 0 Å². The van der Waals surface area contributed by atoms with E-state index in [9.17, 15) is 19.2 Å². The van der Waals surface area contributed by atoms with E-state index in [-0.39, 0.29) is 11.6 Å². The van der Waals surface area contributed by atoms with Gasteiger partial charge in [0.25, 0.3) is 11.8 Å². The summed E-state index contributed by atoms with van der Waals surface area (Å²) in [6, 6.07) is 9.27. The molecule has 0 atom stereocenters. The van der Waals surface area contributed by atoms with Gasteiger partial charge in [-0.25, -0.2) is 0 Å². The molecule has 146 valence electrons. The number of rotatable bonds is 7. The second-order valence-corrected chi connectivity index (χ2v) is 5.95. The number of carbonyl (C=O) groups excluding carboxylic acids is 4. The summed E-state index contributed by atoms with van der Waals surface area (Å²) < 4.78 is 4.79. The van der Waals surface area contributed by atoms with Crippen LogP contribution in [0.1, 0.15) is 17.4 Å². The van der Waals surface area contributed by atoms with E-state index < -0.39 is 30.9 Å². The number of halogens is 1. The first-order valence-corrected chi connectivity index (χ1v) is 8.44. The number of nitrogens with one attached hydrogen (secondary N) is 3. The maximum atomic E-state index is 11.8. The molecule has 28 heavy (non-hydrogen) atoms. The van der Waals surface area contributed by atoms with Gasteiger partial charge in [0.05, 0.1) is 0 Å². The van der Waals surface area contributed by atoms with Gasteiger partial charge in [-0.05, 0) is 36.4 Å². The molecule has 10 heteroatoms. The van der Waals surface area contributed by atoms with Crippen LogP contribution in [0.2, 0.25) is 5.02 Å². The number of nitrogens with zero attached hydrogens (tertiary/aromatic N) is 1. The number of anilines is 2. The molecule has 2 rings (SSSR count). The van der Waals surface area contributed by atoms with Crippen molar-refractivity contribution in [2.75, 3.05) is 23.8 Å². The lowest BCUT2D eigenvalue weighted by atomic mass is 10.2. The fourth-order valence-corrected chi connectivity index (χ4v) is 2.17. The summed E-state index contributed by atoms with van der Waals surface area (Å²) in [5, 5.41) is 7.79. The minimum Gasteiger partial charge on any atom is -0.454 e. The minimum absolute atomic E-state index is 0.0563. The van der Waals surface area contributed by atoms with E-state index in [1.165, 1.54) is 25.3 Å². The first-order valence-electron chi connectivity index (χ1n) is 8.06. The lowest BCUT2D eigenvalue weighted by molar-refractivity contribution is -0.146. The summed E-state index contributed by atoms with van der Waals surface area (Å²) in [6.07, 6.45) is 1.36. The Morgan fingerprint density at radius 2 is 1.68 bits per heavy atom. The van der Waals surface area contributed by atoms with Gasteiger partial charge in [0.1, 0.15) is 12.2 Å². The van der Waals surface area contributed by atoms with Crippen molar-refractivity contribution in [3.8, 4) is 0 Å². The number of carbonyl (C=O) groups is 4. The molecule has 0 unspecified atom stereocenters. The Balaban J connectivity index is 1.72. The highest BCUT2D eigenvalue weighted by atomic mass is 35.5. The third kappa shape index (κ3) is 7.04. The van der Waals surface area contributed by atoms with E-state index in [0.717, 1.165) is 0 Å². The molecule has 3 amide bonds. The van der Waals surface area contributed by atoms with Gasteiger partial charge in [-0.2, -0.15) is 0 Å². The summed E-state index contributed by atoms with van der Waals surface area (Å²) in [6.45, 7) is 0.446. The Hall–Kier alpha value is -3.46. The monoisotopic (exact) mass is 404 g/mol. The molecule has 0 bridgehead atoms. The van der Waals surface area contributed by atoms with Crippen molar-refractivity contribution < 1.29 is 23.9 Å². The molecule has 0 fully saturated rings. The van der Waals surface area contributed by atoms with Crippen molar-refractivity contribution in [1.29, 1.82) is 0 Å². The molecule has 0 aliphatic rings. The smallest absolute Gasteiger partial charge is 0.325 e. The largest absolute Gasteiger partial charge is 0.454 e. The zero-order valence-corrected chi connectivity index (χ0v) is 15.6. The Labute approximate surface area is 165 Å². The van der Waals surface area contributed by atoms with Gasteiger partial charge < -0.3 is 20.7 Å². The highest BCUT2D eigenvalue weighted by Gasteiger charge is 2.12. The van der Waals surface area contributed by atoms with Crippen LogP contribution in [-0.2, 0) is 19.1 Å². The number of esters is 1. The quantitative estimate of drug-likeness (QED) is 0.602. The lowest BCUT2D eigenvalue weighted by Gasteiger charge is -2.08. The van der Waals surface area contributed by atoms with Crippen molar-refractivity contribution in [1.82, 2.24) is 10.3 Å². The van der Waals surface area contributed by atoms with Crippen LogP contribution >= 0.6 is 11.6 Å². The van der Waals surface area contributed by atoms with Crippen molar-refractivity contribution in [3.05, 3.63) is 53.3 Å². The highest BCUT2D eigenvalue weighted by Crippen LogP contribution is 2.13. The summed E-state index contributed by atoms with van der Waals surface area (Å²) in [5.41, 5.74) is 1.11. The van der Waals surface area contributed by atoms with E-state index >= 15 is 0 Å². The molecule has 0 radical (unpaired) electrons. The van der Waals surface area contributed by atoms with Gasteiger partial charge in [-0.3, -0.25) is 24.2 Å². The molecule has 0 aliphatic heterocycles. The molecular weight excluding hydrogens is 388 g/mol. The zero-order valence-electron chi connectivity index (χ0n) is 14.8. The average Bonchev–Trinajstić information content (AvgIpc) is 2.65. The highest BCUT2D eigenvalue weighted by molar-refractivity contribution is 6.30. The van der Waals surface area contributed by atoms with Crippen LogP contribution in [0.25, 0.3) is 0 Å². The topological polar surface area (TPSA) is 126 Å². The lowest BCUT2D eigenvalue weighted by Crippen LogP contribution is -2.32. The molecule has 0 aliphatic carbocycles. The second kappa shape index (κ2) is 10.0. The molecular formula is C18H17ClN4O5. The number of pyridine rings is 1.